The van der Waals surface area contributed by atoms with E-state index in [0.717, 1.165) is 21.8 Å². The summed E-state index contributed by atoms with van der Waals surface area (Å²) in [6.07, 6.45) is 5.05. The number of anilines is 1. The first-order valence-corrected chi connectivity index (χ1v) is 5.68. The molecule has 0 unspecified atom stereocenters. The molecule has 1 aliphatic rings. The third-order valence-corrected chi connectivity index (χ3v) is 2.78. The highest BCUT2D eigenvalue weighted by molar-refractivity contribution is 6.06. The Morgan fingerprint density at radius 3 is 2.78 bits per heavy atom. The Labute approximate surface area is 104 Å². The summed E-state index contributed by atoms with van der Waals surface area (Å²) >= 11 is 0. The predicted octanol–water partition coefficient (Wildman–Crippen LogP) is 0.634. The van der Waals surface area contributed by atoms with Gasteiger partial charge >= 0.3 is 0 Å². The lowest BCUT2D eigenvalue weighted by Crippen LogP contribution is -2.21. The topological polar surface area (TPSA) is 54.4 Å². The average molecular weight is 237 g/mol. The van der Waals surface area contributed by atoms with Crippen LogP contribution in [0.25, 0.3) is 6.08 Å². The summed E-state index contributed by atoms with van der Waals surface area (Å²) in [6, 6.07) is 9.66. The molecule has 3 rings (SSSR count). The minimum atomic E-state index is -0.177. The molecule has 0 aliphatic carbocycles. The summed E-state index contributed by atoms with van der Waals surface area (Å²) in [5.41, 5.74) is 2.14. The molecule has 1 N–H and O–H groups in total. The largest absolute Gasteiger partial charge is 0.381 e. The van der Waals surface area contributed by atoms with E-state index in [4.69, 9.17) is 0 Å². The lowest BCUT2D eigenvalue weighted by molar-refractivity contribution is -0.112. The fourth-order valence-electron chi connectivity index (χ4n) is 1.89. The van der Waals surface area contributed by atoms with E-state index in [9.17, 15) is 4.79 Å². The van der Waals surface area contributed by atoms with E-state index in [-0.39, 0.29) is 5.91 Å². The van der Waals surface area contributed by atoms with Crippen molar-refractivity contribution in [3.05, 3.63) is 58.9 Å². The van der Waals surface area contributed by atoms with Crippen LogP contribution in [0.15, 0.2) is 47.7 Å². The summed E-state index contributed by atoms with van der Waals surface area (Å²) in [5, 5.41) is 4.95. The van der Waals surface area contributed by atoms with Crippen molar-refractivity contribution in [2.75, 3.05) is 5.32 Å². The highest BCUT2D eigenvalue weighted by Crippen LogP contribution is 2.05. The highest BCUT2D eigenvalue weighted by atomic mass is 16.1. The zero-order chi connectivity index (χ0) is 12.4. The number of nitrogens with zero attached hydrogens (tertiary/aromatic N) is 2. The second-order valence-electron chi connectivity index (χ2n) is 4.08. The molecule has 1 aromatic carbocycles. The van der Waals surface area contributed by atoms with Gasteiger partial charge < -0.3 is 5.32 Å². The van der Waals surface area contributed by atoms with Gasteiger partial charge in [-0.3, -0.25) is 9.78 Å². The maximum Gasteiger partial charge on any atom is 0.270 e. The molecule has 1 amide bonds. The van der Waals surface area contributed by atoms with E-state index in [0.29, 0.717) is 6.54 Å². The van der Waals surface area contributed by atoms with Crippen molar-refractivity contribution in [3.63, 3.8) is 0 Å². The Bertz CT molecular complexity index is 708. The van der Waals surface area contributed by atoms with Gasteiger partial charge in [-0.25, -0.2) is 4.99 Å². The van der Waals surface area contributed by atoms with E-state index >= 15 is 0 Å². The maximum atomic E-state index is 11.1. The molecule has 0 radical (unpaired) electrons. The first-order valence-electron chi connectivity index (χ1n) is 5.68. The van der Waals surface area contributed by atoms with Gasteiger partial charge in [0.05, 0.1) is 5.36 Å². The van der Waals surface area contributed by atoms with E-state index in [1.165, 1.54) is 0 Å². The number of aromatic nitrogens is 1. The minimum absolute atomic E-state index is 0.177. The molecule has 0 atom stereocenters. The zero-order valence-electron chi connectivity index (χ0n) is 9.63. The van der Waals surface area contributed by atoms with Gasteiger partial charge in [0.15, 0.2) is 0 Å². The number of carbonyl (C=O) groups excluding carboxylic acids is 1. The molecule has 2 heterocycles. The first-order chi connectivity index (χ1) is 8.81. The van der Waals surface area contributed by atoms with E-state index < -0.39 is 0 Å². The van der Waals surface area contributed by atoms with E-state index in [2.05, 4.69) is 15.3 Å². The maximum absolute atomic E-state index is 11.1. The molecule has 88 valence electrons. The van der Waals surface area contributed by atoms with Crippen LogP contribution in [0.2, 0.25) is 0 Å². The monoisotopic (exact) mass is 237 g/mol. The third kappa shape index (κ3) is 2.13. The van der Waals surface area contributed by atoms with Gasteiger partial charge in [-0.05, 0) is 29.8 Å². The van der Waals surface area contributed by atoms with Gasteiger partial charge in [-0.2, -0.15) is 0 Å². The number of rotatable bonds is 3. The van der Waals surface area contributed by atoms with Gasteiger partial charge in [-0.15, -0.1) is 0 Å². The molecule has 1 aromatic heterocycles. The van der Waals surface area contributed by atoms with Crippen LogP contribution in [0.4, 0.5) is 5.69 Å². The molecule has 0 spiro atoms. The number of carbonyl (C=O) groups is 1. The van der Waals surface area contributed by atoms with Crippen molar-refractivity contribution in [1.82, 2.24) is 4.98 Å². The number of amides is 1. The number of fused-ring (bicyclic) bond motifs is 1. The number of benzene rings is 1. The molecular weight excluding hydrogens is 226 g/mol. The number of hydrogen-bond donors (Lipinski definition) is 1. The van der Waals surface area contributed by atoms with Gasteiger partial charge in [0.1, 0.15) is 0 Å². The van der Waals surface area contributed by atoms with Gasteiger partial charge in [0.2, 0.25) is 0 Å². The van der Waals surface area contributed by atoms with Crippen LogP contribution in [0.3, 0.4) is 0 Å². The Hall–Kier alpha value is -2.49. The second-order valence-corrected chi connectivity index (χ2v) is 4.08. The van der Waals surface area contributed by atoms with Gasteiger partial charge in [-0.1, -0.05) is 6.07 Å². The smallest absolute Gasteiger partial charge is 0.270 e. The molecular formula is C14H11N3O. The average Bonchev–Trinajstić information content (AvgIpc) is 2.77. The van der Waals surface area contributed by atoms with Crippen molar-refractivity contribution in [2.24, 2.45) is 4.99 Å². The molecule has 0 saturated heterocycles. The molecule has 18 heavy (non-hydrogen) atoms. The summed E-state index contributed by atoms with van der Waals surface area (Å²) in [4.78, 5) is 19.0. The Morgan fingerprint density at radius 2 is 1.94 bits per heavy atom. The summed E-state index contributed by atoms with van der Waals surface area (Å²) in [5.74, 6) is -0.177. The number of pyridine rings is 1. The van der Waals surface area contributed by atoms with Crippen molar-refractivity contribution in [1.29, 1.82) is 0 Å². The molecule has 2 aromatic rings. The number of hydrogen-bond acceptors (Lipinski definition) is 3. The molecule has 0 fully saturated rings. The first kappa shape index (κ1) is 10.7. The predicted molar refractivity (Wildman–Crippen MR) is 68.3 cm³/mol. The van der Waals surface area contributed by atoms with Gasteiger partial charge in [0, 0.05) is 35.9 Å². The minimum Gasteiger partial charge on any atom is -0.381 e. The van der Waals surface area contributed by atoms with Crippen LogP contribution in [-0.4, -0.2) is 10.9 Å². The van der Waals surface area contributed by atoms with Crippen molar-refractivity contribution >= 4 is 17.7 Å². The van der Waals surface area contributed by atoms with E-state index in [1.54, 1.807) is 18.5 Å². The molecule has 0 saturated carbocycles. The van der Waals surface area contributed by atoms with Crippen LogP contribution < -0.4 is 15.9 Å². The fourth-order valence-corrected chi connectivity index (χ4v) is 1.89. The molecule has 1 aliphatic heterocycles. The van der Waals surface area contributed by atoms with Crippen molar-refractivity contribution in [2.45, 2.75) is 6.54 Å². The molecule has 4 heteroatoms. The quantitative estimate of drug-likeness (QED) is 0.852. The van der Waals surface area contributed by atoms with Crippen LogP contribution in [-0.2, 0) is 11.3 Å². The van der Waals surface area contributed by atoms with Crippen molar-refractivity contribution < 1.29 is 4.79 Å². The van der Waals surface area contributed by atoms with Crippen LogP contribution in [0.1, 0.15) is 5.56 Å². The summed E-state index contributed by atoms with van der Waals surface area (Å²) in [7, 11) is 0. The Kier molecular flexibility index (Phi) is 2.61. The van der Waals surface area contributed by atoms with E-state index in [1.807, 2.05) is 30.3 Å². The lowest BCUT2D eigenvalue weighted by Gasteiger charge is -2.05. The summed E-state index contributed by atoms with van der Waals surface area (Å²) < 4.78 is 0. The molecule has 4 nitrogen and oxygen atoms in total. The molecule has 0 bridgehead atoms. The standard InChI is InChI=1S/C14H11N3O/c18-14-8-11-7-10(1-2-13(11)17-14)9-16-12-3-5-15-6-4-12/h1-8H,9H2,(H,15,16). The van der Waals surface area contributed by atoms with Crippen LogP contribution >= 0.6 is 0 Å². The normalized spacial score (nSPS) is 12.6. The Balaban J connectivity index is 1.80. The Morgan fingerprint density at radius 1 is 1.11 bits per heavy atom. The van der Waals surface area contributed by atoms with Crippen LogP contribution in [0, 0.1) is 0 Å². The zero-order valence-corrected chi connectivity index (χ0v) is 9.63. The van der Waals surface area contributed by atoms with Gasteiger partial charge in [0.25, 0.3) is 5.91 Å². The second kappa shape index (κ2) is 4.41. The number of nitrogens with one attached hydrogen (secondary N) is 1. The fraction of sp³-hybridized carbons (Fsp3) is 0.0714. The third-order valence-electron chi connectivity index (χ3n) is 2.78. The van der Waals surface area contributed by atoms with Crippen LogP contribution in [0.5, 0.6) is 0 Å². The van der Waals surface area contributed by atoms with Crippen molar-refractivity contribution in [3.8, 4) is 0 Å². The summed E-state index contributed by atoms with van der Waals surface area (Å²) in [6.45, 7) is 0.708. The highest BCUT2D eigenvalue weighted by Gasteiger charge is 2.03. The lowest BCUT2D eigenvalue weighted by atomic mass is 10.2. The SMILES string of the molecule is O=C1C=c2cc(CNc3ccncc3)ccc2=N1.